The van der Waals surface area contributed by atoms with Gasteiger partial charge in [0.1, 0.15) is 5.69 Å². The van der Waals surface area contributed by atoms with Crippen LogP contribution in [-0.4, -0.2) is 29.4 Å². The number of amidine groups is 1. The second kappa shape index (κ2) is 5.63. The fourth-order valence-corrected chi connectivity index (χ4v) is 3.29. The SMILES string of the molecule is NC1=N[C@@]2(Cc3ccc(NC(=O)c4ccc(Cl)cn4)cc32)C(F)(F)CO1. The molecule has 1 spiro atoms. The van der Waals surface area contributed by atoms with Gasteiger partial charge >= 0.3 is 5.92 Å². The molecule has 0 radical (unpaired) electrons. The first-order chi connectivity index (χ1) is 12.3. The van der Waals surface area contributed by atoms with Gasteiger partial charge in [0.2, 0.25) is 0 Å². The Morgan fingerprint density at radius 2 is 2.12 bits per heavy atom. The minimum absolute atomic E-state index is 0.0619. The van der Waals surface area contributed by atoms with E-state index in [2.05, 4.69) is 15.3 Å². The third kappa shape index (κ3) is 2.48. The number of nitrogens with zero attached hydrogens (tertiary/aromatic N) is 2. The molecule has 0 fully saturated rings. The van der Waals surface area contributed by atoms with E-state index in [1.165, 1.54) is 24.4 Å². The van der Waals surface area contributed by atoms with Gasteiger partial charge in [-0.25, -0.2) is 9.98 Å². The number of hydrogen-bond donors (Lipinski definition) is 2. The summed E-state index contributed by atoms with van der Waals surface area (Å²) in [5.74, 6) is -3.67. The molecule has 0 saturated carbocycles. The molecule has 0 saturated heterocycles. The van der Waals surface area contributed by atoms with Crippen molar-refractivity contribution < 1.29 is 18.3 Å². The van der Waals surface area contributed by atoms with E-state index < -0.39 is 24.0 Å². The second-order valence-electron chi connectivity index (χ2n) is 6.17. The highest BCUT2D eigenvalue weighted by molar-refractivity contribution is 6.30. The smallest absolute Gasteiger partial charge is 0.310 e. The fourth-order valence-electron chi connectivity index (χ4n) is 3.18. The third-order valence-corrected chi connectivity index (χ3v) is 4.75. The van der Waals surface area contributed by atoms with Crippen LogP contribution in [0.4, 0.5) is 14.5 Å². The fraction of sp³-hybridized carbons (Fsp3) is 0.235. The van der Waals surface area contributed by atoms with Crippen LogP contribution in [0.3, 0.4) is 0 Å². The molecule has 6 nitrogen and oxygen atoms in total. The summed E-state index contributed by atoms with van der Waals surface area (Å²) in [6.45, 7) is -0.826. The van der Waals surface area contributed by atoms with E-state index in [0.29, 0.717) is 16.3 Å². The lowest BCUT2D eigenvalue weighted by Crippen LogP contribution is -2.58. The number of ether oxygens (including phenoxy) is 1. The highest BCUT2D eigenvalue weighted by atomic mass is 35.5. The molecule has 1 atom stereocenters. The number of nitrogens with two attached hydrogens (primary N) is 1. The van der Waals surface area contributed by atoms with Crippen LogP contribution in [0.25, 0.3) is 0 Å². The lowest BCUT2D eigenvalue weighted by molar-refractivity contribution is -0.130. The van der Waals surface area contributed by atoms with Gasteiger partial charge in [-0.1, -0.05) is 17.7 Å². The minimum atomic E-state index is -3.19. The third-order valence-electron chi connectivity index (χ3n) is 4.53. The Balaban J connectivity index is 1.64. The molecule has 26 heavy (non-hydrogen) atoms. The quantitative estimate of drug-likeness (QED) is 0.840. The van der Waals surface area contributed by atoms with Crippen LogP contribution in [0, 0.1) is 0 Å². The highest BCUT2D eigenvalue weighted by Crippen LogP contribution is 2.54. The first kappa shape index (κ1) is 16.7. The summed E-state index contributed by atoms with van der Waals surface area (Å²) in [6, 6.07) is 7.56. The number of benzene rings is 1. The summed E-state index contributed by atoms with van der Waals surface area (Å²) in [7, 11) is 0. The molecule has 4 rings (SSSR count). The van der Waals surface area contributed by atoms with Crippen LogP contribution in [0.5, 0.6) is 0 Å². The van der Waals surface area contributed by atoms with E-state index in [-0.39, 0.29) is 18.1 Å². The van der Waals surface area contributed by atoms with Crippen LogP contribution in [0.2, 0.25) is 5.02 Å². The van der Waals surface area contributed by atoms with E-state index in [0.717, 1.165) is 5.56 Å². The zero-order valence-electron chi connectivity index (χ0n) is 13.3. The molecule has 3 N–H and O–H groups in total. The first-order valence-electron chi connectivity index (χ1n) is 7.73. The molecule has 0 bridgehead atoms. The molecular weight excluding hydrogens is 366 g/mol. The van der Waals surface area contributed by atoms with Gasteiger partial charge in [0.05, 0.1) is 5.02 Å². The van der Waals surface area contributed by atoms with Gasteiger partial charge in [0, 0.05) is 18.3 Å². The van der Waals surface area contributed by atoms with Crippen molar-refractivity contribution in [2.24, 2.45) is 10.7 Å². The maximum Gasteiger partial charge on any atom is 0.310 e. The number of aromatic nitrogens is 1. The van der Waals surface area contributed by atoms with Crippen molar-refractivity contribution in [3.05, 3.63) is 58.4 Å². The lowest BCUT2D eigenvalue weighted by Gasteiger charge is -2.47. The van der Waals surface area contributed by atoms with Crippen LogP contribution in [0.15, 0.2) is 41.5 Å². The van der Waals surface area contributed by atoms with Gasteiger partial charge in [0.15, 0.2) is 12.1 Å². The van der Waals surface area contributed by atoms with Gasteiger partial charge in [-0.15, -0.1) is 0 Å². The average molecular weight is 379 g/mol. The Kier molecular flexibility index (Phi) is 3.62. The number of amides is 1. The zero-order chi connectivity index (χ0) is 18.5. The monoisotopic (exact) mass is 378 g/mol. The molecule has 1 aromatic carbocycles. The molecule has 2 aliphatic rings. The van der Waals surface area contributed by atoms with Crippen molar-refractivity contribution in [3.63, 3.8) is 0 Å². The molecule has 1 aliphatic heterocycles. The van der Waals surface area contributed by atoms with E-state index in [1.54, 1.807) is 12.1 Å². The van der Waals surface area contributed by atoms with Crippen molar-refractivity contribution in [3.8, 4) is 0 Å². The number of anilines is 1. The van der Waals surface area contributed by atoms with Crippen molar-refractivity contribution >= 4 is 29.2 Å². The number of fused-ring (bicyclic) bond motifs is 2. The summed E-state index contributed by atoms with van der Waals surface area (Å²) >= 11 is 5.75. The number of alkyl halides is 2. The molecular formula is C17H13ClF2N4O2. The highest BCUT2D eigenvalue weighted by Gasteiger charge is 2.63. The predicted molar refractivity (Wildman–Crippen MR) is 91.5 cm³/mol. The lowest BCUT2D eigenvalue weighted by atomic mass is 9.67. The van der Waals surface area contributed by atoms with Gasteiger partial charge < -0.3 is 15.8 Å². The number of carbonyl (C=O) groups is 1. The van der Waals surface area contributed by atoms with Crippen LogP contribution in [-0.2, 0) is 16.7 Å². The number of rotatable bonds is 2. The molecule has 1 aliphatic carbocycles. The van der Waals surface area contributed by atoms with Gasteiger partial charge in [-0.3, -0.25) is 4.79 Å². The van der Waals surface area contributed by atoms with Crippen molar-refractivity contribution in [2.75, 3.05) is 11.9 Å². The summed E-state index contributed by atoms with van der Waals surface area (Å²) < 4.78 is 33.6. The zero-order valence-corrected chi connectivity index (χ0v) is 14.1. The van der Waals surface area contributed by atoms with Crippen molar-refractivity contribution in [2.45, 2.75) is 17.9 Å². The Morgan fingerprint density at radius 3 is 2.85 bits per heavy atom. The molecule has 2 aromatic rings. The standard InChI is InChI=1S/C17H13ClF2N4O2/c18-10-2-4-13(22-7-10)14(25)23-11-3-1-9-6-16(12(9)5-11)17(19,20)8-26-15(21)24-16/h1-5,7H,6,8H2,(H2,21,24)(H,23,25)/t16-/m1/s1. The predicted octanol–water partition coefficient (Wildman–Crippen LogP) is 2.72. The van der Waals surface area contributed by atoms with E-state index in [4.69, 9.17) is 22.1 Å². The summed E-state index contributed by atoms with van der Waals surface area (Å²) in [5, 5.41) is 3.04. The largest absolute Gasteiger partial charge is 0.459 e. The molecule has 9 heteroatoms. The molecule has 0 unspecified atom stereocenters. The number of halogens is 3. The molecule has 1 aromatic heterocycles. The minimum Gasteiger partial charge on any atom is -0.459 e. The van der Waals surface area contributed by atoms with Crippen LogP contribution < -0.4 is 11.1 Å². The Morgan fingerprint density at radius 1 is 1.31 bits per heavy atom. The van der Waals surface area contributed by atoms with E-state index in [9.17, 15) is 13.6 Å². The summed E-state index contributed by atoms with van der Waals surface area (Å²) in [4.78, 5) is 20.1. The van der Waals surface area contributed by atoms with Crippen molar-refractivity contribution in [1.29, 1.82) is 0 Å². The number of carbonyl (C=O) groups excluding carboxylic acids is 1. The maximum absolute atomic E-state index is 14.5. The Hall–Kier alpha value is -2.74. The number of nitrogens with one attached hydrogen (secondary N) is 1. The Bertz CT molecular complexity index is 933. The normalized spacial score (nSPS) is 22.7. The average Bonchev–Trinajstić information content (AvgIpc) is 2.59. The Labute approximate surface area is 152 Å². The second-order valence-corrected chi connectivity index (χ2v) is 6.60. The van der Waals surface area contributed by atoms with Crippen LogP contribution >= 0.6 is 11.6 Å². The first-order valence-corrected chi connectivity index (χ1v) is 8.11. The molecule has 1 amide bonds. The summed E-state index contributed by atoms with van der Waals surface area (Å²) in [6.07, 6.45) is 1.41. The van der Waals surface area contributed by atoms with Gasteiger partial charge in [-0.05, 0) is 35.4 Å². The topological polar surface area (TPSA) is 89.6 Å². The van der Waals surface area contributed by atoms with Gasteiger partial charge in [0.25, 0.3) is 11.9 Å². The maximum atomic E-state index is 14.5. The van der Waals surface area contributed by atoms with E-state index >= 15 is 0 Å². The molecule has 134 valence electrons. The van der Waals surface area contributed by atoms with Crippen LogP contribution in [0.1, 0.15) is 21.6 Å². The summed E-state index contributed by atoms with van der Waals surface area (Å²) in [5.41, 5.74) is 5.34. The number of hydrogen-bond acceptors (Lipinski definition) is 5. The van der Waals surface area contributed by atoms with Crippen molar-refractivity contribution in [1.82, 2.24) is 4.98 Å². The molecule has 2 heterocycles. The van der Waals surface area contributed by atoms with E-state index in [1.807, 2.05) is 0 Å². The number of pyridine rings is 1. The number of aliphatic imine (C=N–C) groups is 1. The van der Waals surface area contributed by atoms with Gasteiger partial charge in [-0.2, -0.15) is 8.78 Å².